The second kappa shape index (κ2) is 11.9. The van der Waals surface area contributed by atoms with E-state index in [1.54, 1.807) is 49.8 Å². The van der Waals surface area contributed by atoms with Gasteiger partial charge >= 0.3 is 0 Å². The number of ether oxygens (including phenoxy) is 2. The van der Waals surface area contributed by atoms with E-state index in [0.717, 1.165) is 32.5 Å². The van der Waals surface area contributed by atoms with Crippen LogP contribution < -0.4 is 14.8 Å². The van der Waals surface area contributed by atoms with Crippen molar-refractivity contribution in [2.75, 3.05) is 38.7 Å². The lowest BCUT2D eigenvalue weighted by Gasteiger charge is -2.21. The van der Waals surface area contributed by atoms with E-state index in [9.17, 15) is 4.79 Å². The number of nitrogens with one attached hydrogen (secondary N) is 1. The Kier molecular flexibility index (Phi) is 9.15. The molecule has 2 rings (SSSR count). The summed E-state index contributed by atoms with van der Waals surface area (Å²) in [5.74, 6) is 1.63. The van der Waals surface area contributed by atoms with Crippen molar-refractivity contribution in [1.82, 2.24) is 4.90 Å². The molecule has 0 radical (unpaired) electrons. The molecule has 0 bridgehead atoms. The van der Waals surface area contributed by atoms with Gasteiger partial charge in [-0.2, -0.15) is 0 Å². The van der Waals surface area contributed by atoms with E-state index in [-0.39, 0.29) is 5.91 Å². The lowest BCUT2D eigenvalue weighted by molar-refractivity contribution is -0.111. The molecule has 152 valence electrons. The molecule has 1 heterocycles. The minimum atomic E-state index is -0.246. The first-order chi connectivity index (χ1) is 13.7. The normalized spacial score (nSPS) is 11.1. The van der Waals surface area contributed by atoms with Crippen LogP contribution in [0.4, 0.5) is 5.69 Å². The number of nitrogens with zero attached hydrogens (tertiary/aromatic N) is 1. The zero-order valence-electron chi connectivity index (χ0n) is 16.9. The van der Waals surface area contributed by atoms with Crippen LogP contribution in [0.15, 0.2) is 47.1 Å². The van der Waals surface area contributed by atoms with E-state index >= 15 is 0 Å². The number of furan rings is 1. The van der Waals surface area contributed by atoms with Gasteiger partial charge in [-0.15, -0.1) is 0 Å². The van der Waals surface area contributed by atoms with Crippen LogP contribution in [-0.2, 0) is 4.79 Å². The topological polar surface area (TPSA) is 63.9 Å². The highest BCUT2D eigenvalue weighted by Crippen LogP contribution is 2.30. The first-order valence-electron chi connectivity index (χ1n) is 9.72. The van der Waals surface area contributed by atoms with Crippen molar-refractivity contribution in [3.63, 3.8) is 0 Å². The van der Waals surface area contributed by atoms with Crippen LogP contribution in [0.2, 0.25) is 0 Å². The maximum atomic E-state index is 12.1. The van der Waals surface area contributed by atoms with Crippen molar-refractivity contribution in [3.05, 3.63) is 48.4 Å². The van der Waals surface area contributed by atoms with E-state index in [0.29, 0.717) is 29.6 Å². The highest BCUT2D eigenvalue weighted by molar-refractivity contribution is 6.01. The summed E-state index contributed by atoms with van der Waals surface area (Å²) < 4.78 is 16.5. The molecule has 0 spiro atoms. The van der Waals surface area contributed by atoms with Gasteiger partial charge in [-0.3, -0.25) is 9.69 Å². The summed E-state index contributed by atoms with van der Waals surface area (Å²) in [6.45, 7) is 7.90. The third-order valence-electron chi connectivity index (χ3n) is 4.12. The maximum Gasteiger partial charge on any atom is 0.248 e. The SMILES string of the molecule is CCCN(CCC)CCOc1cc(NC(=O)C=Cc2ccco2)ccc1OC. The van der Waals surface area contributed by atoms with Gasteiger partial charge in [0.05, 0.1) is 13.4 Å². The molecular weight excluding hydrogens is 356 g/mol. The molecule has 0 aliphatic heterocycles. The molecule has 0 aliphatic rings. The molecule has 0 atom stereocenters. The molecule has 6 nitrogen and oxygen atoms in total. The molecule has 0 saturated heterocycles. The third-order valence-corrected chi connectivity index (χ3v) is 4.12. The summed E-state index contributed by atoms with van der Waals surface area (Å²) in [4.78, 5) is 14.5. The largest absolute Gasteiger partial charge is 0.493 e. The quantitative estimate of drug-likeness (QED) is 0.546. The summed E-state index contributed by atoms with van der Waals surface area (Å²) in [6, 6.07) is 8.90. The predicted octanol–water partition coefficient (Wildman–Crippen LogP) is 4.44. The number of methoxy groups -OCH3 is 1. The minimum Gasteiger partial charge on any atom is -0.493 e. The van der Waals surface area contributed by atoms with Crippen LogP contribution in [0.3, 0.4) is 0 Å². The Morgan fingerprint density at radius 2 is 1.93 bits per heavy atom. The fourth-order valence-electron chi connectivity index (χ4n) is 2.85. The lowest BCUT2D eigenvalue weighted by atomic mass is 10.2. The highest BCUT2D eigenvalue weighted by atomic mass is 16.5. The number of hydrogen-bond donors (Lipinski definition) is 1. The van der Waals surface area contributed by atoms with Gasteiger partial charge in [0.15, 0.2) is 11.5 Å². The number of anilines is 1. The number of hydrogen-bond acceptors (Lipinski definition) is 5. The number of carbonyl (C=O) groups excluding carboxylic acids is 1. The second-order valence-electron chi connectivity index (χ2n) is 6.39. The van der Waals surface area contributed by atoms with Gasteiger partial charge in [-0.1, -0.05) is 13.8 Å². The maximum absolute atomic E-state index is 12.1. The number of amides is 1. The average molecular weight is 386 g/mol. The van der Waals surface area contributed by atoms with Gasteiger partial charge in [0, 0.05) is 24.4 Å². The average Bonchev–Trinajstić information content (AvgIpc) is 3.21. The Morgan fingerprint density at radius 1 is 1.14 bits per heavy atom. The molecule has 1 aromatic heterocycles. The second-order valence-corrected chi connectivity index (χ2v) is 6.39. The fourth-order valence-corrected chi connectivity index (χ4v) is 2.85. The molecule has 1 N–H and O–H groups in total. The predicted molar refractivity (Wildman–Crippen MR) is 112 cm³/mol. The minimum absolute atomic E-state index is 0.246. The molecule has 2 aromatic rings. The monoisotopic (exact) mass is 386 g/mol. The van der Waals surface area contributed by atoms with Crippen LogP contribution in [0.1, 0.15) is 32.4 Å². The molecule has 0 saturated carbocycles. The summed E-state index contributed by atoms with van der Waals surface area (Å²) in [7, 11) is 1.60. The van der Waals surface area contributed by atoms with Crippen molar-refractivity contribution in [3.8, 4) is 11.5 Å². The third kappa shape index (κ3) is 7.12. The summed E-state index contributed by atoms with van der Waals surface area (Å²) in [6.07, 6.45) is 6.85. The van der Waals surface area contributed by atoms with Crippen LogP contribution in [0, 0.1) is 0 Å². The zero-order chi connectivity index (χ0) is 20.2. The van der Waals surface area contributed by atoms with Crippen molar-refractivity contribution in [1.29, 1.82) is 0 Å². The van der Waals surface area contributed by atoms with Crippen molar-refractivity contribution >= 4 is 17.7 Å². The molecule has 1 amide bonds. The standard InChI is InChI=1S/C22H30N2O4/c1-4-12-24(13-5-2)14-16-28-21-17-18(8-10-20(21)26-3)23-22(25)11-9-19-7-6-15-27-19/h6-11,15,17H,4-5,12-14,16H2,1-3H3,(H,23,25). The molecule has 0 unspecified atom stereocenters. The number of carbonyl (C=O) groups is 1. The van der Waals surface area contributed by atoms with Crippen LogP contribution in [-0.4, -0.2) is 44.2 Å². The van der Waals surface area contributed by atoms with Gasteiger partial charge in [0.1, 0.15) is 12.4 Å². The van der Waals surface area contributed by atoms with Gasteiger partial charge in [0.2, 0.25) is 5.91 Å². The van der Waals surface area contributed by atoms with Gasteiger partial charge in [-0.25, -0.2) is 0 Å². The summed E-state index contributed by atoms with van der Waals surface area (Å²) in [5, 5.41) is 2.82. The Hall–Kier alpha value is -2.73. The molecular formula is C22H30N2O4. The van der Waals surface area contributed by atoms with Gasteiger partial charge < -0.3 is 19.2 Å². The van der Waals surface area contributed by atoms with Gasteiger partial charge in [-0.05, 0) is 56.3 Å². The Morgan fingerprint density at radius 3 is 2.57 bits per heavy atom. The van der Waals surface area contributed by atoms with Crippen LogP contribution in [0.25, 0.3) is 6.08 Å². The fraction of sp³-hybridized carbons (Fsp3) is 0.409. The summed E-state index contributed by atoms with van der Waals surface area (Å²) in [5.41, 5.74) is 0.642. The van der Waals surface area contributed by atoms with Crippen LogP contribution in [0.5, 0.6) is 11.5 Å². The molecule has 6 heteroatoms. The molecule has 0 aliphatic carbocycles. The van der Waals surface area contributed by atoms with Crippen molar-refractivity contribution in [2.24, 2.45) is 0 Å². The van der Waals surface area contributed by atoms with E-state index in [2.05, 4.69) is 24.1 Å². The number of benzene rings is 1. The van der Waals surface area contributed by atoms with Crippen molar-refractivity contribution < 1.29 is 18.7 Å². The zero-order valence-corrected chi connectivity index (χ0v) is 16.9. The molecule has 1 aromatic carbocycles. The number of rotatable bonds is 12. The highest BCUT2D eigenvalue weighted by Gasteiger charge is 2.09. The lowest BCUT2D eigenvalue weighted by Crippen LogP contribution is -2.30. The Labute approximate surface area is 167 Å². The van der Waals surface area contributed by atoms with Crippen LogP contribution >= 0.6 is 0 Å². The van der Waals surface area contributed by atoms with Gasteiger partial charge in [0.25, 0.3) is 0 Å². The Balaban J connectivity index is 1.95. The smallest absolute Gasteiger partial charge is 0.248 e. The van der Waals surface area contributed by atoms with Crippen molar-refractivity contribution in [2.45, 2.75) is 26.7 Å². The van der Waals surface area contributed by atoms with E-state index in [1.807, 2.05) is 0 Å². The van der Waals surface area contributed by atoms with E-state index in [4.69, 9.17) is 13.9 Å². The first kappa shape index (κ1) is 21.6. The molecule has 28 heavy (non-hydrogen) atoms. The Bertz CT molecular complexity index is 735. The summed E-state index contributed by atoms with van der Waals surface area (Å²) >= 11 is 0. The molecule has 0 fully saturated rings. The first-order valence-corrected chi connectivity index (χ1v) is 9.72. The van der Waals surface area contributed by atoms with E-state index in [1.165, 1.54) is 6.08 Å². The van der Waals surface area contributed by atoms with E-state index < -0.39 is 0 Å².